The number of oxime groups is 1. The summed E-state index contributed by atoms with van der Waals surface area (Å²) in [6.07, 6.45) is 2.95. The van der Waals surface area contributed by atoms with E-state index in [1.807, 2.05) is 34.6 Å². The molecule has 1 unspecified atom stereocenters. The van der Waals surface area contributed by atoms with E-state index in [2.05, 4.69) is 19.0 Å². The van der Waals surface area contributed by atoms with Crippen LogP contribution < -0.4 is 0 Å². The van der Waals surface area contributed by atoms with Gasteiger partial charge in [0.15, 0.2) is 0 Å². The van der Waals surface area contributed by atoms with Gasteiger partial charge in [0.25, 0.3) is 0 Å². The van der Waals surface area contributed by atoms with E-state index in [4.69, 9.17) is 5.21 Å². The predicted molar refractivity (Wildman–Crippen MR) is 66.3 cm³/mol. The van der Waals surface area contributed by atoms with Crippen molar-refractivity contribution in [3.05, 3.63) is 0 Å². The van der Waals surface area contributed by atoms with E-state index in [1.54, 1.807) is 0 Å². The van der Waals surface area contributed by atoms with Crippen molar-refractivity contribution >= 4 is 5.71 Å². The lowest BCUT2D eigenvalue weighted by Gasteiger charge is -2.06. The average Bonchev–Trinajstić information content (AvgIpc) is 2.30. The van der Waals surface area contributed by atoms with Crippen LogP contribution in [0.4, 0.5) is 0 Å². The molecule has 0 saturated carbocycles. The zero-order chi connectivity index (χ0) is 12.0. The Morgan fingerprint density at radius 2 is 1.57 bits per heavy atom. The highest BCUT2D eigenvalue weighted by Gasteiger charge is 2.02. The smallest absolute Gasteiger partial charge is 0.0570 e. The lowest BCUT2D eigenvalue weighted by Crippen LogP contribution is -2.03. The predicted octanol–water partition coefficient (Wildman–Crippen LogP) is 4.72. The van der Waals surface area contributed by atoms with Crippen LogP contribution in [-0.4, -0.2) is 10.9 Å². The van der Waals surface area contributed by atoms with Gasteiger partial charge in [0, 0.05) is 0 Å². The molecule has 0 aromatic heterocycles. The maximum absolute atomic E-state index is 8.46. The molecule has 14 heavy (non-hydrogen) atoms. The van der Waals surface area contributed by atoms with Crippen LogP contribution in [0.15, 0.2) is 5.16 Å². The minimum atomic E-state index is 0.644. The minimum absolute atomic E-state index is 0.644. The first kappa shape index (κ1) is 19.1. The molecule has 0 radical (unpaired) electrons. The Kier molecular flexibility index (Phi) is 25.0. The van der Waals surface area contributed by atoms with Crippen molar-refractivity contribution in [1.29, 1.82) is 0 Å². The molecule has 0 aromatic carbocycles. The summed E-state index contributed by atoms with van der Waals surface area (Å²) in [5, 5.41) is 11.7. The zero-order valence-electron chi connectivity index (χ0n) is 11.1. The summed E-state index contributed by atoms with van der Waals surface area (Å²) >= 11 is 0. The summed E-state index contributed by atoms with van der Waals surface area (Å²) in [4.78, 5) is 0. The molecule has 0 bridgehead atoms. The number of nitrogens with zero attached hydrogens (tertiary/aromatic N) is 1. The first-order valence-corrected chi connectivity index (χ1v) is 5.94. The molecule has 88 valence electrons. The van der Waals surface area contributed by atoms with E-state index in [1.165, 1.54) is 0 Å². The van der Waals surface area contributed by atoms with Crippen molar-refractivity contribution < 1.29 is 5.21 Å². The maximum atomic E-state index is 8.46. The Hall–Kier alpha value is -0.530. The highest BCUT2D eigenvalue weighted by Crippen LogP contribution is 2.08. The fourth-order valence-electron chi connectivity index (χ4n) is 0.802. The van der Waals surface area contributed by atoms with Gasteiger partial charge in [-0.15, -0.1) is 0 Å². The van der Waals surface area contributed by atoms with Gasteiger partial charge in [-0.3, -0.25) is 0 Å². The fraction of sp³-hybridized carbons (Fsp3) is 0.917. The second-order valence-corrected chi connectivity index (χ2v) is 2.74. The summed E-state index contributed by atoms with van der Waals surface area (Å²) in [6, 6.07) is 0. The molecule has 1 N–H and O–H groups in total. The van der Waals surface area contributed by atoms with Crippen molar-refractivity contribution in [2.75, 3.05) is 0 Å². The van der Waals surface area contributed by atoms with Gasteiger partial charge in [-0.05, 0) is 18.8 Å². The van der Waals surface area contributed by atoms with Gasteiger partial charge >= 0.3 is 0 Å². The second kappa shape index (κ2) is 18.3. The van der Waals surface area contributed by atoms with Crippen LogP contribution in [0.5, 0.6) is 0 Å². The highest BCUT2D eigenvalue weighted by molar-refractivity contribution is 5.83. The number of hydrogen-bond donors (Lipinski definition) is 1. The molecule has 0 rings (SSSR count). The zero-order valence-corrected chi connectivity index (χ0v) is 11.1. The molecule has 2 heteroatoms. The van der Waals surface area contributed by atoms with Crippen LogP contribution in [0.25, 0.3) is 0 Å². The number of hydrogen-bond acceptors (Lipinski definition) is 2. The topological polar surface area (TPSA) is 32.6 Å². The van der Waals surface area contributed by atoms with Gasteiger partial charge in [0.05, 0.1) is 5.71 Å². The molecule has 0 aromatic rings. The van der Waals surface area contributed by atoms with Crippen molar-refractivity contribution in [3.63, 3.8) is 0 Å². The van der Waals surface area contributed by atoms with Crippen molar-refractivity contribution in [1.82, 2.24) is 0 Å². The maximum Gasteiger partial charge on any atom is 0.0570 e. The van der Waals surface area contributed by atoms with E-state index in [0.717, 1.165) is 25.0 Å². The first-order chi connectivity index (χ1) is 6.74. The van der Waals surface area contributed by atoms with Crippen molar-refractivity contribution in [2.24, 2.45) is 11.1 Å². The van der Waals surface area contributed by atoms with Crippen molar-refractivity contribution in [2.45, 2.75) is 67.7 Å². The van der Waals surface area contributed by atoms with Crippen LogP contribution in [0.3, 0.4) is 0 Å². The third kappa shape index (κ3) is 14.0. The second-order valence-electron chi connectivity index (χ2n) is 2.74. The van der Waals surface area contributed by atoms with Crippen LogP contribution in [0.1, 0.15) is 67.7 Å². The van der Waals surface area contributed by atoms with Crippen LogP contribution >= 0.6 is 0 Å². The molecule has 0 spiro atoms. The van der Waals surface area contributed by atoms with E-state index in [9.17, 15) is 0 Å². The minimum Gasteiger partial charge on any atom is -0.411 e. The quantitative estimate of drug-likeness (QED) is 0.400. The standard InChI is InChI=1S/C8H17NO.2C2H6/c1-4-7(3)6-8(5-2)9-10;2*1-2/h7,10H,4-6H2,1-3H3;2*1-2H3/b9-8-;;. The summed E-state index contributed by atoms with van der Waals surface area (Å²) in [6.45, 7) is 14.3. The Labute approximate surface area is 90.4 Å². The Balaban J connectivity index is -0.000000266. The van der Waals surface area contributed by atoms with E-state index < -0.39 is 0 Å². The van der Waals surface area contributed by atoms with E-state index in [-0.39, 0.29) is 0 Å². The van der Waals surface area contributed by atoms with Gasteiger partial charge in [-0.25, -0.2) is 0 Å². The third-order valence-electron chi connectivity index (χ3n) is 1.83. The Morgan fingerprint density at radius 3 is 1.79 bits per heavy atom. The molecular weight excluding hydrogens is 174 g/mol. The summed E-state index contributed by atoms with van der Waals surface area (Å²) in [7, 11) is 0. The third-order valence-corrected chi connectivity index (χ3v) is 1.83. The van der Waals surface area contributed by atoms with E-state index >= 15 is 0 Å². The molecule has 1 atom stereocenters. The summed E-state index contributed by atoms with van der Waals surface area (Å²) in [5.74, 6) is 0.644. The Morgan fingerprint density at radius 1 is 1.14 bits per heavy atom. The SMILES string of the molecule is CC.CC.CC/C(CC(C)CC)=N/O. The lowest BCUT2D eigenvalue weighted by atomic mass is 10.0. The van der Waals surface area contributed by atoms with Crippen LogP contribution in [0.2, 0.25) is 0 Å². The highest BCUT2D eigenvalue weighted by atomic mass is 16.4. The van der Waals surface area contributed by atoms with Gasteiger partial charge < -0.3 is 5.21 Å². The monoisotopic (exact) mass is 203 g/mol. The average molecular weight is 203 g/mol. The summed E-state index contributed by atoms with van der Waals surface area (Å²) < 4.78 is 0. The fourth-order valence-corrected chi connectivity index (χ4v) is 0.802. The lowest BCUT2D eigenvalue weighted by molar-refractivity contribution is 0.315. The normalized spacial score (nSPS) is 11.8. The van der Waals surface area contributed by atoms with Gasteiger partial charge in [-0.2, -0.15) is 0 Å². The Bertz CT molecular complexity index is 111. The molecule has 0 aliphatic carbocycles. The van der Waals surface area contributed by atoms with Crippen LogP contribution in [0, 0.1) is 5.92 Å². The van der Waals surface area contributed by atoms with Gasteiger partial charge in [0.1, 0.15) is 0 Å². The first-order valence-electron chi connectivity index (χ1n) is 5.94. The van der Waals surface area contributed by atoms with Crippen molar-refractivity contribution in [3.8, 4) is 0 Å². The molecule has 2 nitrogen and oxygen atoms in total. The van der Waals surface area contributed by atoms with Gasteiger partial charge in [-0.1, -0.05) is 60.0 Å². The van der Waals surface area contributed by atoms with Crippen LogP contribution in [-0.2, 0) is 0 Å². The molecule has 0 fully saturated rings. The number of rotatable bonds is 4. The molecule has 0 aliphatic heterocycles. The van der Waals surface area contributed by atoms with Gasteiger partial charge in [0.2, 0.25) is 0 Å². The molecule has 0 saturated heterocycles. The molecular formula is C12H29NO. The largest absolute Gasteiger partial charge is 0.411 e. The molecule has 0 heterocycles. The molecule has 0 amide bonds. The summed E-state index contributed by atoms with van der Waals surface area (Å²) in [5.41, 5.74) is 0.911. The van der Waals surface area contributed by atoms with E-state index in [0.29, 0.717) is 5.92 Å². The molecule has 0 aliphatic rings.